The van der Waals surface area contributed by atoms with Crippen molar-refractivity contribution in [1.29, 1.82) is 0 Å². The molecular weight excluding hydrogens is 378 g/mol. The fraction of sp³-hybridized carbons (Fsp3) is 0.312. The fourth-order valence-corrected chi connectivity index (χ4v) is 2.33. The molecule has 124 valence electrons. The van der Waals surface area contributed by atoms with Gasteiger partial charge in [-0.05, 0) is 36.2 Å². The van der Waals surface area contributed by atoms with Crippen molar-refractivity contribution in [2.45, 2.75) is 24.9 Å². The quantitative estimate of drug-likeness (QED) is 0.489. The number of pyridine rings is 1. The lowest BCUT2D eigenvalue weighted by Crippen LogP contribution is -2.09. The maximum Gasteiger partial charge on any atom is 0.417 e. The summed E-state index contributed by atoms with van der Waals surface area (Å²) < 4.78 is 59.2. The molecule has 2 aromatic rings. The molecule has 0 aliphatic rings. The van der Waals surface area contributed by atoms with E-state index in [1.165, 1.54) is 24.4 Å². The molecule has 1 aromatic carbocycles. The summed E-state index contributed by atoms with van der Waals surface area (Å²) in [5.41, 5.74) is -1.06. The fourth-order valence-electron chi connectivity index (χ4n) is 2.02. The van der Waals surface area contributed by atoms with Crippen molar-refractivity contribution in [2.24, 2.45) is 0 Å². The lowest BCUT2D eigenvalue weighted by molar-refractivity contribution is -0.137. The molecule has 0 N–H and O–H groups in total. The average molecular weight is 392 g/mol. The molecule has 1 heterocycles. The van der Waals surface area contributed by atoms with Crippen LogP contribution in [0.1, 0.15) is 24.5 Å². The van der Waals surface area contributed by atoms with Gasteiger partial charge in [-0.2, -0.15) is 13.2 Å². The number of benzene rings is 1. The highest BCUT2D eigenvalue weighted by molar-refractivity contribution is 9.08. The number of rotatable bonds is 5. The second-order valence-corrected chi connectivity index (χ2v) is 5.42. The number of alkyl halides is 4. The Morgan fingerprint density at radius 1 is 1.22 bits per heavy atom. The lowest BCUT2D eigenvalue weighted by Gasteiger charge is -2.15. The molecule has 0 aliphatic heterocycles. The van der Waals surface area contributed by atoms with E-state index < -0.39 is 17.6 Å². The maximum atomic E-state index is 14.1. The third kappa shape index (κ3) is 4.22. The SMILES string of the molecule is CCCOc1ccc(-c2ncc(CBr)cc2F)c(C(F)(F)F)c1. The number of hydrogen-bond acceptors (Lipinski definition) is 2. The van der Waals surface area contributed by atoms with Gasteiger partial charge < -0.3 is 4.74 Å². The molecule has 0 spiro atoms. The minimum absolute atomic E-state index is 0.0976. The van der Waals surface area contributed by atoms with Crippen LogP contribution in [-0.4, -0.2) is 11.6 Å². The van der Waals surface area contributed by atoms with Crippen LogP contribution in [0.25, 0.3) is 11.3 Å². The van der Waals surface area contributed by atoms with Crippen LogP contribution in [0, 0.1) is 5.82 Å². The first-order valence-electron chi connectivity index (χ1n) is 6.91. The molecule has 0 aliphatic carbocycles. The number of ether oxygens (including phenoxy) is 1. The minimum atomic E-state index is -4.64. The van der Waals surface area contributed by atoms with E-state index in [4.69, 9.17) is 4.74 Å². The van der Waals surface area contributed by atoms with Gasteiger partial charge in [0.15, 0.2) is 0 Å². The Morgan fingerprint density at radius 2 is 1.96 bits per heavy atom. The molecule has 0 unspecified atom stereocenters. The van der Waals surface area contributed by atoms with Crippen LogP contribution in [0.3, 0.4) is 0 Å². The molecule has 0 atom stereocenters. The summed E-state index contributed by atoms with van der Waals surface area (Å²) in [5, 5.41) is 0.368. The molecule has 23 heavy (non-hydrogen) atoms. The summed E-state index contributed by atoms with van der Waals surface area (Å²) in [7, 11) is 0. The van der Waals surface area contributed by atoms with E-state index in [-0.39, 0.29) is 17.0 Å². The molecule has 0 fully saturated rings. The first kappa shape index (κ1) is 17.7. The van der Waals surface area contributed by atoms with Gasteiger partial charge in [0.05, 0.1) is 12.2 Å². The Balaban J connectivity index is 2.53. The Hall–Kier alpha value is -1.63. The number of hydrogen-bond donors (Lipinski definition) is 0. The summed E-state index contributed by atoms with van der Waals surface area (Å²) in [4.78, 5) is 3.84. The van der Waals surface area contributed by atoms with Crippen molar-refractivity contribution in [3.63, 3.8) is 0 Å². The number of nitrogens with zero attached hydrogens (tertiary/aromatic N) is 1. The van der Waals surface area contributed by atoms with Crippen molar-refractivity contribution in [1.82, 2.24) is 4.98 Å². The van der Waals surface area contributed by atoms with Crippen LogP contribution in [0.5, 0.6) is 5.75 Å². The van der Waals surface area contributed by atoms with Crippen LogP contribution in [0.2, 0.25) is 0 Å². The standard InChI is InChI=1S/C16H14BrF4NO/c1-2-5-23-11-3-4-12(13(7-11)16(19,20)21)15-14(18)6-10(8-17)9-22-15/h3-4,6-7,9H,2,5,8H2,1H3. The molecular formula is C16H14BrF4NO. The van der Waals surface area contributed by atoms with Crippen molar-refractivity contribution < 1.29 is 22.3 Å². The molecule has 0 radical (unpaired) electrons. The highest BCUT2D eigenvalue weighted by Crippen LogP contribution is 2.39. The van der Waals surface area contributed by atoms with Gasteiger partial charge >= 0.3 is 6.18 Å². The summed E-state index contributed by atoms with van der Waals surface area (Å²) in [5.74, 6) is -0.699. The van der Waals surface area contributed by atoms with Gasteiger partial charge in [-0.25, -0.2) is 4.39 Å². The largest absolute Gasteiger partial charge is 0.494 e. The number of aromatic nitrogens is 1. The predicted octanol–water partition coefficient (Wildman–Crippen LogP) is 5.59. The van der Waals surface area contributed by atoms with Gasteiger partial charge in [0.1, 0.15) is 17.3 Å². The normalized spacial score (nSPS) is 11.6. The van der Waals surface area contributed by atoms with Crippen LogP contribution < -0.4 is 4.74 Å². The maximum absolute atomic E-state index is 14.1. The topological polar surface area (TPSA) is 22.1 Å². The Bertz CT molecular complexity index is 688. The highest BCUT2D eigenvalue weighted by atomic mass is 79.9. The molecule has 0 saturated carbocycles. The zero-order valence-corrected chi connectivity index (χ0v) is 13.8. The Morgan fingerprint density at radius 3 is 2.52 bits per heavy atom. The molecule has 2 nitrogen and oxygen atoms in total. The van der Waals surface area contributed by atoms with Crippen LogP contribution >= 0.6 is 15.9 Å². The van der Waals surface area contributed by atoms with Crippen molar-refractivity contribution >= 4 is 15.9 Å². The zero-order valence-electron chi connectivity index (χ0n) is 12.3. The zero-order chi connectivity index (χ0) is 17.0. The van der Waals surface area contributed by atoms with Gasteiger partial charge in [0.2, 0.25) is 0 Å². The number of halogens is 5. The van der Waals surface area contributed by atoms with E-state index in [0.29, 0.717) is 23.9 Å². The smallest absolute Gasteiger partial charge is 0.417 e. The first-order chi connectivity index (χ1) is 10.9. The van der Waals surface area contributed by atoms with Gasteiger partial charge in [0, 0.05) is 17.1 Å². The molecule has 1 aromatic heterocycles. The molecule has 0 bridgehead atoms. The van der Waals surface area contributed by atoms with Crippen LogP contribution in [0.4, 0.5) is 17.6 Å². The van der Waals surface area contributed by atoms with Crippen LogP contribution in [-0.2, 0) is 11.5 Å². The third-order valence-electron chi connectivity index (χ3n) is 3.08. The van der Waals surface area contributed by atoms with E-state index in [1.54, 1.807) is 0 Å². The van der Waals surface area contributed by atoms with Crippen molar-refractivity contribution in [2.75, 3.05) is 6.61 Å². The summed E-state index contributed by atoms with van der Waals surface area (Å²) in [6.45, 7) is 2.16. The Kier molecular flexibility index (Phi) is 5.62. The minimum Gasteiger partial charge on any atom is -0.494 e. The second-order valence-electron chi connectivity index (χ2n) is 4.86. The monoisotopic (exact) mass is 391 g/mol. The first-order valence-corrected chi connectivity index (χ1v) is 8.03. The van der Waals surface area contributed by atoms with E-state index in [0.717, 1.165) is 6.07 Å². The van der Waals surface area contributed by atoms with E-state index in [9.17, 15) is 17.6 Å². The lowest BCUT2D eigenvalue weighted by atomic mass is 10.0. The van der Waals surface area contributed by atoms with E-state index in [1.807, 2.05) is 6.92 Å². The Labute approximate surface area is 139 Å². The second kappa shape index (κ2) is 7.29. The molecule has 0 saturated heterocycles. The van der Waals surface area contributed by atoms with E-state index in [2.05, 4.69) is 20.9 Å². The molecule has 2 rings (SSSR count). The van der Waals surface area contributed by atoms with Gasteiger partial charge in [-0.15, -0.1) is 0 Å². The van der Waals surface area contributed by atoms with E-state index >= 15 is 0 Å². The van der Waals surface area contributed by atoms with Crippen molar-refractivity contribution in [3.8, 4) is 17.0 Å². The van der Waals surface area contributed by atoms with Gasteiger partial charge in [-0.1, -0.05) is 22.9 Å². The van der Waals surface area contributed by atoms with Gasteiger partial charge in [0.25, 0.3) is 0 Å². The van der Waals surface area contributed by atoms with Gasteiger partial charge in [-0.3, -0.25) is 4.98 Å². The average Bonchev–Trinajstić information content (AvgIpc) is 2.52. The van der Waals surface area contributed by atoms with Crippen LogP contribution in [0.15, 0.2) is 30.5 Å². The summed E-state index contributed by atoms with van der Waals surface area (Å²) in [6, 6.07) is 4.62. The summed E-state index contributed by atoms with van der Waals surface area (Å²) >= 11 is 3.15. The van der Waals surface area contributed by atoms with Crippen molar-refractivity contribution in [3.05, 3.63) is 47.4 Å². The summed E-state index contributed by atoms with van der Waals surface area (Å²) in [6.07, 6.45) is -2.62. The molecule has 7 heteroatoms. The predicted molar refractivity (Wildman–Crippen MR) is 83.1 cm³/mol. The third-order valence-corrected chi connectivity index (χ3v) is 3.72. The molecule has 0 amide bonds. The highest BCUT2D eigenvalue weighted by Gasteiger charge is 2.35.